The molecule has 3 rings (SSSR count). The molecule has 10 heteroatoms. The van der Waals surface area contributed by atoms with Gasteiger partial charge in [0.1, 0.15) is 24.6 Å². The summed E-state index contributed by atoms with van der Waals surface area (Å²) in [6, 6.07) is 0. The fourth-order valence-electron chi connectivity index (χ4n) is 2.53. The second-order valence-electron chi connectivity index (χ2n) is 5.33. The van der Waals surface area contributed by atoms with Crippen LogP contribution in [0.25, 0.3) is 11.2 Å². The lowest BCUT2D eigenvalue weighted by Gasteiger charge is -2.17. The van der Waals surface area contributed by atoms with Crippen LogP contribution in [0.3, 0.4) is 0 Å². The van der Waals surface area contributed by atoms with E-state index in [0.29, 0.717) is 17.0 Å². The molecule has 3 heterocycles. The van der Waals surface area contributed by atoms with Crippen LogP contribution in [0.4, 0.5) is 5.82 Å². The lowest BCUT2D eigenvalue weighted by atomic mass is 10.1. The van der Waals surface area contributed by atoms with Crippen LogP contribution in [0.2, 0.25) is 0 Å². The largest absolute Gasteiger partial charge is 0.394 e. The average molecular weight is 323 g/mol. The minimum atomic E-state index is -1.24. The van der Waals surface area contributed by atoms with Crippen LogP contribution in [-0.2, 0) is 9.53 Å². The number of aliphatic hydroxyl groups excluding tert-OH is 3. The highest BCUT2D eigenvalue weighted by Gasteiger charge is 2.44. The number of amides is 1. The summed E-state index contributed by atoms with van der Waals surface area (Å²) in [5.41, 5.74) is 0.709. The summed E-state index contributed by atoms with van der Waals surface area (Å²) in [7, 11) is 1.57. The molecule has 4 atom stereocenters. The molecule has 23 heavy (non-hydrogen) atoms. The zero-order chi connectivity index (χ0) is 16.7. The van der Waals surface area contributed by atoms with Crippen molar-refractivity contribution >= 4 is 22.9 Å². The molecule has 1 amide bonds. The molecule has 124 valence electrons. The van der Waals surface area contributed by atoms with Gasteiger partial charge in [0.2, 0.25) is 5.91 Å². The van der Waals surface area contributed by atoms with E-state index in [0.717, 1.165) is 0 Å². The van der Waals surface area contributed by atoms with Crippen molar-refractivity contribution in [1.82, 2.24) is 19.5 Å². The number of anilines is 1. The zero-order valence-corrected chi connectivity index (χ0v) is 12.6. The molecule has 10 nitrogen and oxygen atoms in total. The summed E-state index contributed by atoms with van der Waals surface area (Å²) in [6.45, 7) is 0.978. The van der Waals surface area contributed by atoms with Gasteiger partial charge in [-0.1, -0.05) is 0 Å². The van der Waals surface area contributed by atoms with Crippen LogP contribution in [0, 0.1) is 0 Å². The molecule has 0 unspecified atom stereocenters. The van der Waals surface area contributed by atoms with Crippen LogP contribution >= 0.6 is 0 Å². The topological polar surface area (TPSA) is 134 Å². The first-order valence-corrected chi connectivity index (χ1v) is 7.00. The van der Waals surface area contributed by atoms with Crippen molar-refractivity contribution in [3.05, 3.63) is 12.7 Å². The standard InChI is InChI=1S/C13H17N5O5/c1-6(20)17(2)11-8-12(15-4-14-11)18(5-16-8)13-10(22)9(21)7(3-19)23-13/h4-5,7,9-10,13,19,21-22H,3H2,1-2H3/t7-,9-,10-,13-/m1/s1. The summed E-state index contributed by atoms with van der Waals surface area (Å²) in [4.78, 5) is 25.2. The van der Waals surface area contributed by atoms with E-state index in [-0.39, 0.29) is 5.91 Å². The minimum absolute atomic E-state index is 0.215. The van der Waals surface area contributed by atoms with Gasteiger partial charge in [-0.15, -0.1) is 0 Å². The van der Waals surface area contributed by atoms with Crippen molar-refractivity contribution in [3.8, 4) is 0 Å². The highest BCUT2D eigenvalue weighted by molar-refractivity contribution is 5.97. The second-order valence-corrected chi connectivity index (χ2v) is 5.33. The predicted molar refractivity (Wildman–Crippen MR) is 77.4 cm³/mol. The van der Waals surface area contributed by atoms with E-state index in [1.54, 1.807) is 7.05 Å². The number of imidazole rings is 1. The summed E-state index contributed by atoms with van der Waals surface area (Å²) in [5.74, 6) is 0.112. The van der Waals surface area contributed by atoms with Crippen LogP contribution in [0.15, 0.2) is 12.7 Å². The Morgan fingerprint density at radius 2 is 2.09 bits per heavy atom. The first-order valence-electron chi connectivity index (χ1n) is 7.00. The molecule has 0 saturated carbocycles. The highest BCUT2D eigenvalue weighted by Crippen LogP contribution is 2.32. The quantitative estimate of drug-likeness (QED) is 0.616. The van der Waals surface area contributed by atoms with E-state index in [1.165, 1.54) is 29.0 Å². The third kappa shape index (κ3) is 2.45. The van der Waals surface area contributed by atoms with E-state index < -0.39 is 31.1 Å². The molecule has 2 aromatic rings. The number of nitrogens with zero attached hydrogens (tertiary/aromatic N) is 5. The van der Waals surface area contributed by atoms with Gasteiger partial charge in [0, 0.05) is 14.0 Å². The van der Waals surface area contributed by atoms with Gasteiger partial charge in [0.15, 0.2) is 23.2 Å². The number of hydrogen-bond acceptors (Lipinski definition) is 8. The zero-order valence-electron chi connectivity index (χ0n) is 12.6. The molecule has 0 aliphatic carbocycles. The van der Waals surface area contributed by atoms with Crippen LogP contribution in [-0.4, -0.2) is 72.7 Å². The van der Waals surface area contributed by atoms with Crippen molar-refractivity contribution in [1.29, 1.82) is 0 Å². The van der Waals surface area contributed by atoms with Gasteiger partial charge in [-0.25, -0.2) is 15.0 Å². The van der Waals surface area contributed by atoms with Gasteiger partial charge in [0.25, 0.3) is 0 Å². The number of carbonyl (C=O) groups is 1. The second kappa shape index (κ2) is 5.81. The Kier molecular flexibility index (Phi) is 3.98. The molecule has 1 aliphatic rings. The average Bonchev–Trinajstić information content (AvgIpc) is 3.08. The minimum Gasteiger partial charge on any atom is -0.394 e. The molecule has 2 aromatic heterocycles. The van der Waals surface area contributed by atoms with Crippen LogP contribution < -0.4 is 4.90 Å². The molecule has 0 bridgehead atoms. The Morgan fingerprint density at radius 1 is 1.35 bits per heavy atom. The molecular weight excluding hydrogens is 306 g/mol. The first-order chi connectivity index (χ1) is 11.0. The number of rotatable bonds is 3. The van der Waals surface area contributed by atoms with Gasteiger partial charge >= 0.3 is 0 Å². The molecule has 1 saturated heterocycles. The smallest absolute Gasteiger partial charge is 0.224 e. The molecule has 1 aliphatic heterocycles. The molecular formula is C13H17N5O5. The third-order valence-corrected chi connectivity index (χ3v) is 3.92. The number of ether oxygens (including phenoxy) is 1. The molecule has 0 radical (unpaired) electrons. The molecule has 0 aromatic carbocycles. The molecule has 0 spiro atoms. The Morgan fingerprint density at radius 3 is 2.70 bits per heavy atom. The number of carbonyl (C=O) groups excluding carboxylic acids is 1. The maximum atomic E-state index is 11.5. The third-order valence-electron chi connectivity index (χ3n) is 3.92. The van der Waals surface area contributed by atoms with E-state index >= 15 is 0 Å². The van der Waals surface area contributed by atoms with E-state index in [9.17, 15) is 15.0 Å². The maximum absolute atomic E-state index is 11.5. The lowest BCUT2D eigenvalue weighted by molar-refractivity contribution is -0.116. The van der Waals surface area contributed by atoms with Crippen molar-refractivity contribution in [3.63, 3.8) is 0 Å². The van der Waals surface area contributed by atoms with Crippen LogP contribution in [0.1, 0.15) is 13.2 Å². The lowest BCUT2D eigenvalue weighted by Crippen LogP contribution is -2.33. The van der Waals surface area contributed by atoms with Crippen molar-refractivity contribution in [2.24, 2.45) is 0 Å². The number of aliphatic hydroxyl groups is 3. The fraction of sp³-hybridized carbons (Fsp3) is 0.538. The SMILES string of the molecule is CC(=O)N(C)c1ncnc2c1ncn2[C@@H]1O[C@H](CO)[C@@H](O)[C@H]1O. The van der Waals surface area contributed by atoms with Gasteiger partial charge < -0.3 is 20.1 Å². The molecule has 1 fully saturated rings. The van der Waals surface area contributed by atoms with Gasteiger partial charge in [0.05, 0.1) is 12.9 Å². The van der Waals surface area contributed by atoms with Gasteiger partial charge in [-0.05, 0) is 0 Å². The number of aromatic nitrogens is 4. The van der Waals surface area contributed by atoms with E-state index in [1.807, 2.05) is 0 Å². The first kappa shape index (κ1) is 15.7. The summed E-state index contributed by atoms with van der Waals surface area (Å²) >= 11 is 0. The van der Waals surface area contributed by atoms with E-state index in [2.05, 4.69) is 15.0 Å². The van der Waals surface area contributed by atoms with E-state index in [4.69, 9.17) is 9.84 Å². The van der Waals surface area contributed by atoms with Crippen molar-refractivity contribution in [2.45, 2.75) is 31.5 Å². The van der Waals surface area contributed by atoms with Gasteiger partial charge in [-0.2, -0.15) is 0 Å². The number of fused-ring (bicyclic) bond motifs is 1. The predicted octanol–water partition coefficient (Wildman–Crippen LogP) is -1.58. The summed E-state index contributed by atoms with van der Waals surface area (Å²) in [5, 5.41) is 29.1. The van der Waals surface area contributed by atoms with Crippen molar-refractivity contribution < 1.29 is 24.9 Å². The van der Waals surface area contributed by atoms with Crippen molar-refractivity contribution in [2.75, 3.05) is 18.6 Å². The molecule has 3 N–H and O–H groups in total. The maximum Gasteiger partial charge on any atom is 0.224 e. The van der Waals surface area contributed by atoms with Crippen LogP contribution in [0.5, 0.6) is 0 Å². The Balaban J connectivity index is 2.04. The summed E-state index contributed by atoms with van der Waals surface area (Å²) < 4.78 is 6.91. The van der Waals surface area contributed by atoms with Gasteiger partial charge in [-0.3, -0.25) is 14.3 Å². The highest BCUT2D eigenvalue weighted by atomic mass is 16.6. The Hall–Kier alpha value is -2.14. The monoisotopic (exact) mass is 323 g/mol. The fourth-order valence-corrected chi connectivity index (χ4v) is 2.53. The Labute approximate surface area is 131 Å². The normalized spacial score (nSPS) is 27.5. The number of hydrogen-bond donors (Lipinski definition) is 3. The summed E-state index contributed by atoms with van der Waals surface area (Å²) in [6.07, 6.45) is -1.64. The Bertz CT molecular complexity index is 735.